The number of phenolic OH excluding ortho intramolecular Hbond substituents is 1. The minimum Gasteiger partial charge on any atom is -0.507 e. The zero-order chi connectivity index (χ0) is 17.6. The van der Waals surface area contributed by atoms with Gasteiger partial charge in [0.1, 0.15) is 11.6 Å². The molecule has 3 aromatic rings. The summed E-state index contributed by atoms with van der Waals surface area (Å²) in [6.07, 6.45) is 2.11. The SMILES string of the molecule is COC1CN(c2cnc3ccc(-c4cc(C)c(O)c(C)c4)cc3n2)C1. The zero-order valence-corrected chi connectivity index (χ0v) is 14.7. The molecule has 1 aliphatic heterocycles. The largest absolute Gasteiger partial charge is 0.507 e. The molecule has 0 bridgehead atoms. The topological polar surface area (TPSA) is 58.5 Å². The van der Waals surface area contributed by atoms with Gasteiger partial charge in [0.15, 0.2) is 0 Å². The van der Waals surface area contributed by atoms with Gasteiger partial charge in [0.05, 0.1) is 23.3 Å². The Morgan fingerprint density at radius 2 is 1.76 bits per heavy atom. The molecular formula is C20H21N3O2. The van der Waals surface area contributed by atoms with Gasteiger partial charge < -0.3 is 14.7 Å². The molecule has 1 saturated heterocycles. The van der Waals surface area contributed by atoms with Crippen LogP contribution in [0.1, 0.15) is 11.1 Å². The van der Waals surface area contributed by atoms with Gasteiger partial charge in [-0.05, 0) is 60.4 Å². The van der Waals surface area contributed by atoms with E-state index in [0.717, 1.165) is 52.2 Å². The van der Waals surface area contributed by atoms with Gasteiger partial charge in [-0.2, -0.15) is 0 Å². The molecule has 2 aromatic carbocycles. The van der Waals surface area contributed by atoms with Crippen molar-refractivity contribution in [1.82, 2.24) is 9.97 Å². The van der Waals surface area contributed by atoms with Gasteiger partial charge >= 0.3 is 0 Å². The molecule has 0 atom stereocenters. The molecule has 1 fully saturated rings. The molecule has 0 saturated carbocycles. The number of methoxy groups -OCH3 is 1. The number of aromatic hydroxyl groups is 1. The van der Waals surface area contributed by atoms with Crippen LogP contribution in [0, 0.1) is 13.8 Å². The molecule has 0 amide bonds. The number of hydrogen-bond donors (Lipinski definition) is 1. The normalized spacial score (nSPS) is 14.8. The Bertz CT molecular complexity index is 926. The Morgan fingerprint density at radius 1 is 1.04 bits per heavy atom. The summed E-state index contributed by atoms with van der Waals surface area (Å²) >= 11 is 0. The zero-order valence-electron chi connectivity index (χ0n) is 14.7. The van der Waals surface area contributed by atoms with Crippen LogP contribution < -0.4 is 4.90 Å². The number of hydrogen-bond acceptors (Lipinski definition) is 5. The quantitative estimate of drug-likeness (QED) is 0.794. The van der Waals surface area contributed by atoms with E-state index < -0.39 is 0 Å². The van der Waals surface area contributed by atoms with E-state index in [0.29, 0.717) is 5.75 Å². The molecule has 4 rings (SSSR count). The Balaban J connectivity index is 1.72. The van der Waals surface area contributed by atoms with Crippen LogP contribution in [0.5, 0.6) is 5.75 Å². The molecule has 1 aliphatic rings. The van der Waals surface area contributed by atoms with E-state index in [1.54, 1.807) is 7.11 Å². The number of phenols is 1. The maximum absolute atomic E-state index is 9.98. The summed E-state index contributed by atoms with van der Waals surface area (Å²) in [5, 5.41) is 9.98. The minimum absolute atomic E-state index is 0.284. The fourth-order valence-corrected chi connectivity index (χ4v) is 3.23. The molecule has 5 heteroatoms. The summed E-state index contributed by atoms with van der Waals surface area (Å²) in [4.78, 5) is 11.5. The Kier molecular flexibility index (Phi) is 3.81. The molecular weight excluding hydrogens is 314 g/mol. The molecule has 128 valence electrons. The van der Waals surface area contributed by atoms with Crippen LogP contribution in [-0.4, -0.2) is 41.4 Å². The summed E-state index contributed by atoms with van der Waals surface area (Å²) in [5.74, 6) is 1.24. The van der Waals surface area contributed by atoms with Crippen molar-refractivity contribution in [2.75, 3.05) is 25.1 Å². The lowest BCUT2D eigenvalue weighted by molar-refractivity contribution is 0.0783. The second-order valence-electron chi connectivity index (χ2n) is 6.65. The maximum Gasteiger partial charge on any atom is 0.148 e. The minimum atomic E-state index is 0.284. The highest BCUT2D eigenvalue weighted by molar-refractivity contribution is 5.82. The molecule has 0 aliphatic carbocycles. The number of anilines is 1. The third kappa shape index (κ3) is 2.81. The van der Waals surface area contributed by atoms with Crippen molar-refractivity contribution < 1.29 is 9.84 Å². The summed E-state index contributed by atoms with van der Waals surface area (Å²) in [6.45, 7) is 5.54. The van der Waals surface area contributed by atoms with Crippen LogP contribution in [0.15, 0.2) is 36.5 Å². The molecule has 0 radical (unpaired) electrons. The molecule has 0 unspecified atom stereocenters. The third-order valence-electron chi connectivity index (χ3n) is 4.86. The van der Waals surface area contributed by atoms with Crippen molar-refractivity contribution >= 4 is 16.9 Å². The molecule has 1 N–H and O–H groups in total. The fourth-order valence-electron chi connectivity index (χ4n) is 3.23. The van der Waals surface area contributed by atoms with E-state index in [4.69, 9.17) is 9.72 Å². The van der Waals surface area contributed by atoms with E-state index >= 15 is 0 Å². The smallest absolute Gasteiger partial charge is 0.148 e. The predicted molar refractivity (Wildman–Crippen MR) is 99.1 cm³/mol. The average molecular weight is 335 g/mol. The maximum atomic E-state index is 9.98. The highest BCUT2D eigenvalue weighted by Gasteiger charge is 2.27. The van der Waals surface area contributed by atoms with E-state index in [9.17, 15) is 5.11 Å². The first kappa shape index (κ1) is 15.8. The first-order valence-electron chi connectivity index (χ1n) is 8.40. The third-order valence-corrected chi connectivity index (χ3v) is 4.86. The Morgan fingerprint density at radius 3 is 2.44 bits per heavy atom. The molecule has 0 spiro atoms. The second kappa shape index (κ2) is 6.01. The van der Waals surface area contributed by atoms with Crippen LogP contribution in [0.4, 0.5) is 5.82 Å². The van der Waals surface area contributed by atoms with Crippen molar-refractivity contribution in [1.29, 1.82) is 0 Å². The van der Waals surface area contributed by atoms with Gasteiger partial charge in [0, 0.05) is 20.2 Å². The van der Waals surface area contributed by atoms with Gasteiger partial charge in [-0.15, -0.1) is 0 Å². The monoisotopic (exact) mass is 335 g/mol. The molecule has 25 heavy (non-hydrogen) atoms. The molecule has 2 heterocycles. The van der Waals surface area contributed by atoms with E-state index in [2.05, 4.69) is 16.0 Å². The van der Waals surface area contributed by atoms with E-state index in [1.807, 2.05) is 44.3 Å². The van der Waals surface area contributed by atoms with Crippen LogP contribution >= 0.6 is 0 Å². The Labute approximate surface area is 146 Å². The number of benzene rings is 2. The first-order chi connectivity index (χ1) is 12.0. The lowest BCUT2D eigenvalue weighted by Gasteiger charge is -2.38. The number of aromatic nitrogens is 2. The van der Waals surface area contributed by atoms with E-state index in [1.165, 1.54) is 0 Å². The number of rotatable bonds is 3. The Hall–Kier alpha value is -2.66. The van der Waals surface area contributed by atoms with Crippen LogP contribution in [0.2, 0.25) is 0 Å². The number of aryl methyl sites for hydroxylation is 2. The summed E-state index contributed by atoms with van der Waals surface area (Å²) < 4.78 is 5.32. The van der Waals surface area contributed by atoms with Crippen molar-refractivity contribution in [3.63, 3.8) is 0 Å². The van der Waals surface area contributed by atoms with Crippen molar-refractivity contribution in [2.24, 2.45) is 0 Å². The average Bonchev–Trinajstić information content (AvgIpc) is 2.57. The van der Waals surface area contributed by atoms with Gasteiger partial charge in [-0.25, -0.2) is 4.98 Å². The summed E-state index contributed by atoms with van der Waals surface area (Å²) in [5.41, 5.74) is 5.65. The van der Waals surface area contributed by atoms with Gasteiger partial charge in [0.25, 0.3) is 0 Å². The predicted octanol–water partition coefficient (Wildman–Crippen LogP) is 3.45. The highest BCUT2D eigenvalue weighted by Crippen LogP contribution is 2.31. The van der Waals surface area contributed by atoms with Crippen LogP contribution in [-0.2, 0) is 4.74 Å². The number of fused-ring (bicyclic) bond motifs is 1. The van der Waals surface area contributed by atoms with Crippen molar-refractivity contribution in [2.45, 2.75) is 20.0 Å². The lowest BCUT2D eigenvalue weighted by Crippen LogP contribution is -2.52. The van der Waals surface area contributed by atoms with E-state index in [-0.39, 0.29) is 6.10 Å². The molecule has 1 aromatic heterocycles. The van der Waals surface area contributed by atoms with Crippen LogP contribution in [0.3, 0.4) is 0 Å². The number of ether oxygens (including phenoxy) is 1. The lowest BCUT2D eigenvalue weighted by atomic mass is 9.99. The number of nitrogens with zero attached hydrogens (tertiary/aromatic N) is 3. The fraction of sp³-hybridized carbons (Fsp3) is 0.300. The summed E-state index contributed by atoms with van der Waals surface area (Å²) in [6, 6.07) is 10.1. The van der Waals surface area contributed by atoms with Crippen LogP contribution in [0.25, 0.3) is 22.2 Å². The first-order valence-corrected chi connectivity index (χ1v) is 8.40. The summed E-state index contributed by atoms with van der Waals surface area (Å²) in [7, 11) is 1.74. The van der Waals surface area contributed by atoms with Crippen molar-refractivity contribution in [3.05, 3.63) is 47.7 Å². The second-order valence-corrected chi connectivity index (χ2v) is 6.65. The van der Waals surface area contributed by atoms with Crippen molar-refractivity contribution in [3.8, 4) is 16.9 Å². The van der Waals surface area contributed by atoms with Gasteiger partial charge in [-0.1, -0.05) is 6.07 Å². The highest BCUT2D eigenvalue weighted by atomic mass is 16.5. The molecule has 5 nitrogen and oxygen atoms in total. The van der Waals surface area contributed by atoms with Gasteiger partial charge in [0.2, 0.25) is 0 Å². The van der Waals surface area contributed by atoms with Gasteiger partial charge in [-0.3, -0.25) is 4.98 Å². The standard InChI is InChI=1S/C20H21N3O2/c1-12-6-15(7-13(2)20(12)24)14-4-5-17-18(8-14)22-19(9-21-17)23-10-16(11-23)25-3/h4-9,16,24H,10-11H2,1-3H3.